The second kappa shape index (κ2) is 7.56. The van der Waals surface area contributed by atoms with E-state index in [1.807, 2.05) is 18.2 Å². The Hall–Kier alpha value is -2.99. The molecule has 0 saturated carbocycles. The fourth-order valence-corrected chi connectivity index (χ4v) is 4.03. The van der Waals surface area contributed by atoms with Gasteiger partial charge in [-0.3, -0.25) is 14.1 Å². The summed E-state index contributed by atoms with van der Waals surface area (Å²) in [5, 5.41) is 9.38. The first-order chi connectivity index (χ1) is 13.5. The monoisotopic (exact) mass is 380 g/mol. The summed E-state index contributed by atoms with van der Waals surface area (Å²) in [6, 6.07) is 13.7. The zero-order chi connectivity index (χ0) is 19.7. The average molecular weight is 380 g/mol. The summed E-state index contributed by atoms with van der Waals surface area (Å²) in [6.07, 6.45) is 3.43. The molecule has 0 spiro atoms. The molecule has 28 heavy (non-hydrogen) atoms. The predicted molar refractivity (Wildman–Crippen MR) is 104 cm³/mol. The maximum atomic E-state index is 13.5. The van der Waals surface area contributed by atoms with Gasteiger partial charge in [0.05, 0.1) is 5.52 Å². The summed E-state index contributed by atoms with van der Waals surface area (Å²) >= 11 is 0. The standard InChI is InChI=1S/C22H21FN2O3/c23-18-5-3-4-16(12-18)15-7-10-24(11-8-15)14-17-13-19(22(27)28)21(26)25-9-2-1-6-20(17)25/h1-6,9,12-13,15H,7-8,10-11,14H2,(H,27,28). The Bertz CT molecular complexity index is 1080. The lowest BCUT2D eigenvalue weighted by Gasteiger charge is -2.32. The maximum Gasteiger partial charge on any atom is 0.341 e. The molecule has 5 nitrogen and oxygen atoms in total. The minimum absolute atomic E-state index is 0.206. The molecule has 3 heterocycles. The topological polar surface area (TPSA) is 62.0 Å². The number of fused-ring (bicyclic) bond motifs is 1. The lowest BCUT2D eigenvalue weighted by Crippen LogP contribution is -2.33. The molecular weight excluding hydrogens is 359 g/mol. The summed E-state index contributed by atoms with van der Waals surface area (Å²) in [5.41, 5.74) is 1.85. The molecule has 0 atom stereocenters. The minimum Gasteiger partial charge on any atom is -0.477 e. The number of piperidine rings is 1. The SMILES string of the molecule is O=C(O)c1cc(CN2CCC(c3cccc(F)c3)CC2)c2ccccn2c1=O. The van der Waals surface area contributed by atoms with Crippen molar-refractivity contribution in [2.75, 3.05) is 13.1 Å². The van der Waals surface area contributed by atoms with Crippen LogP contribution in [-0.4, -0.2) is 33.5 Å². The molecule has 6 heteroatoms. The van der Waals surface area contributed by atoms with Gasteiger partial charge in [0.15, 0.2) is 0 Å². The number of rotatable bonds is 4. The molecule has 0 amide bonds. The minimum atomic E-state index is -1.21. The van der Waals surface area contributed by atoms with Gasteiger partial charge in [-0.2, -0.15) is 0 Å². The van der Waals surface area contributed by atoms with Gasteiger partial charge in [-0.25, -0.2) is 9.18 Å². The number of halogens is 1. The van der Waals surface area contributed by atoms with Crippen molar-refractivity contribution < 1.29 is 14.3 Å². The van der Waals surface area contributed by atoms with Crippen LogP contribution in [0.25, 0.3) is 5.52 Å². The molecule has 1 saturated heterocycles. The van der Waals surface area contributed by atoms with E-state index in [0.29, 0.717) is 12.5 Å². The largest absolute Gasteiger partial charge is 0.477 e. The molecule has 2 aromatic heterocycles. The van der Waals surface area contributed by atoms with Crippen molar-refractivity contribution in [2.45, 2.75) is 25.3 Å². The molecule has 0 bridgehead atoms. The number of hydrogen-bond donors (Lipinski definition) is 1. The van der Waals surface area contributed by atoms with Crippen LogP contribution in [-0.2, 0) is 6.54 Å². The molecule has 0 aliphatic carbocycles. The number of carbonyl (C=O) groups is 1. The Morgan fingerprint density at radius 3 is 2.61 bits per heavy atom. The number of benzene rings is 1. The number of carboxylic acids is 1. The van der Waals surface area contributed by atoms with Gasteiger partial charge >= 0.3 is 5.97 Å². The molecule has 1 aliphatic heterocycles. The van der Waals surface area contributed by atoms with Crippen molar-refractivity contribution in [2.24, 2.45) is 0 Å². The number of hydrogen-bond acceptors (Lipinski definition) is 3. The lowest BCUT2D eigenvalue weighted by atomic mass is 9.89. The first-order valence-corrected chi connectivity index (χ1v) is 9.37. The average Bonchev–Trinajstić information content (AvgIpc) is 2.70. The molecule has 144 valence electrons. The van der Waals surface area contributed by atoms with E-state index in [0.717, 1.165) is 42.6 Å². The van der Waals surface area contributed by atoms with Crippen molar-refractivity contribution >= 4 is 11.5 Å². The molecule has 1 aromatic carbocycles. The molecular formula is C22H21FN2O3. The third-order valence-corrected chi connectivity index (χ3v) is 5.49. The van der Waals surface area contributed by atoms with Crippen LogP contribution in [0.2, 0.25) is 0 Å². The van der Waals surface area contributed by atoms with E-state index in [4.69, 9.17) is 0 Å². The molecule has 1 aliphatic rings. The van der Waals surface area contributed by atoms with E-state index >= 15 is 0 Å². The Morgan fingerprint density at radius 2 is 1.89 bits per heavy atom. The first-order valence-electron chi connectivity index (χ1n) is 9.37. The van der Waals surface area contributed by atoms with Crippen molar-refractivity contribution in [1.29, 1.82) is 0 Å². The fraction of sp³-hybridized carbons (Fsp3) is 0.273. The number of pyridine rings is 2. The third-order valence-electron chi connectivity index (χ3n) is 5.49. The van der Waals surface area contributed by atoms with Crippen molar-refractivity contribution in [3.05, 3.63) is 87.6 Å². The highest BCUT2D eigenvalue weighted by molar-refractivity contribution is 5.88. The number of nitrogens with zero attached hydrogens (tertiary/aromatic N) is 2. The highest BCUT2D eigenvalue weighted by Gasteiger charge is 2.22. The van der Waals surface area contributed by atoms with Gasteiger partial charge in [0.1, 0.15) is 11.4 Å². The fourth-order valence-electron chi connectivity index (χ4n) is 4.03. The summed E-state index contributed by atoms with van der Waals surface area (Å²) in [5.74, 6) is -1.09. The number of aromatic nitrogens is 1. The van der Waals surface area contributed by atoms with E-state index in [-0.39, 0.29) is 11.4 Å². The Balaban J connectivity index is 1.56. The van der Waals surface area contributed by atoms with E-state index < -0.39 is 11.5 Å². The number of likely N-dealkylation sites (tertiary alicyclic amines) is 1. The van der Waals surface area contributed by atoms with Gasteiger partial charge < -0.3 is 5.11 Å². The zero-order valence-corrected chi connectivity index (χ0v) is 15.3. The molecule has 0 radical (unpaired) electrons. The van der Waals surface area contributed by atoms with Gasteiger partial charge in [0, 0.05) is 12.7 Å². The molecule has 0 unspecified atom stereocenters. The quantitative estimate of drug-likeness (QED) is 0.752. The second-order valence-corrected chi connectivity index (χ2v) is 7.25. The first kappa shape index (κ1) is 18.4. The van der Waals surface area contributed by atoms with E-state index in [2.05, 4.69) is 4.90 Å². The van der Waals surface area contributed by atoms with Gasteiger partial charge in [0.25, 0.3) is 5.56 Å². The van der Waals surface area contributed by atoms with Crippen LogP contribution in [0, 0.1) is 5.82 Å². The van der Waals surface area contributed by atoms with Gasteiger partial charge in [0.2, 0.25) is 0 Å². The van der Waals surface area contributed by atoms with Crippen molar-refractivity contribution in [3.63, 3.8) is 0 Å². The Labute approximate surface area is 161 Å². The Kier molecular flexibility index (Phi) is 4.96. The van der Waals surface area contributed by atoms with Crippen LogP contribution >= 0.6 is 0 Å². The van der Waals surface area contributed by atoms with E-state index in [1.165, 1.54) is 16.5 Å². The number of aromatic carboxylic acids is 1. The zero-order valence-electron chi connectivity index (χ0n) is 15.3. The summed E-state index contributed by atoms with van der Waals surface area (Å²) in [7, 11) is 0. The highest BCUT2D eigenvalue weighted by atomic mass is 19.1. The van der Waals surface area contributed by atoms with Crippen molar-refractivity contribution in [3.8, 4) is 0 Å². The van der Waals surface area contributed by atoms with Crippen molar-refractivity contribution in [1.82, 2.24) is 9.30 Å². The predicted octanol–water partition coefficient (Wildman–Crippen LogP) is 3.52. The van der Waals surface area contributed by atoms with E-state index in [9.17, 15) is 19.1 Å². The summed E-state index contributed by atoms with van der Waals surface area (Å²) in [4.78, 5) is 26.1. The van der Waals surface area contributed by atoms with Crippen LogP contribution in [0.1, 0.15) is 40.2 Å². The molecule has 3 aromatic rings. The van der Waals surface area contributed by atoms with Crippen LogP contribution in [0.15, 0.2) is 59.5 Å². The Morgan fingerprint density at radius 1 is 1.11 bits per heavy atom. The van der Waals surface area contributed by atoms with Gasteiger partial charge in [-0.05, 0) is 73.3 Å². The molecule has 1 fully saturated rings. The third kappa shape index (κ3) is 3.55. The summed E-state index contributed by atoms with van der Waals surface area (Å²) in [6.45, 7) is 2.24. The van der Waals surface area contributed by atoms with E-state index in [1.54, 1.807) is 24.4 Å². The molecule has 4 rings (SSSR count). The van der Waals surface area contributed by atoms with Crippen LogP contribution < -0.4 is 5.56 Å². The number of carboxylic acid groups (broad SMARTS) is 1. The van der Waals surface area contributed by atoms with Gasteiger partial charge in [-0.15, -0.1) is 0 Å². The molecule has 1 N–H and O–H groups in total. The highest BCUT2D eigenvalue weighted by Crippen LogP contribution is 2.29. The normalized spacial score (nSPS) is 15.8. The second-order valence-electron chi connectivity index (χ2n) is 7.25. The van der Waals surface area contributed by atoms with Crippen LogP contribution in [0.4, 0.5) is 4.39 Å². The van der Waals surface area contributed by atoms with Crippen LogP contribution in [0.3, 0.4) is 0 Å². The smallest absolute Gasteiger partial charge is 0.341 e. The summed E-state index contributed by atoms with van der Waals surface area (Å²) < 4.78 is 14.9. The van der Waals surface area contributed by atoms with Crippen LogP contribution in [0.5, 0.6) is 0 Å². The lowest BCUT2D eigenvalue weighted by molar-refractivity contribution is 0.0694. The van der Waals surface area contributed by atoms with Gasteiger partial charge in [-0.1, -0.05) is 18.2 Å². The maximum absolute atomic E-state index is 13.5.